The summed E-state index contributed by atoms with van der Waals surface area (Å²) >= 11 is 0. The Balaban J connectivity index is 0. The molecule has 0 atom stereocenters. The van der Waals surface area contributed by atoms with E-state index >= 15 is 0 Å². The molecule has 22 heavy (non-hydrogen) atoms. The van der Waals surface area contributed by atoms with Gasteiger partial charge < -0.3 is 9.47 Å². The highest BCUT2D eigenvalue weighted by molar-refractivity contribution is 5.12. The van der Waals surface area contributed by atoms with Crippen molar-refractivity contribution < 1.29 is 9.47 Å². The van der Waals surface area contributed by atoms with Gasteiger partial charge in [0, 0.05) is 13.2 Å². The van der Waals surface area contributed by atoms with Gasteiger partial charge in [-0.05, 0) is 36.0 Å². The van der Waals surface area contributed by atoms with E-state index in [0.717, 1.165) is 38.8 Å². The minimum atomic E-state index is 0. The third kappa shape index (κ3) is 8.95. The molecule has 0 radical (unpaired) electrons. The normalized spacial score (nSPS) is 19.8. The molecule has 2 heterocycles. The molecule has 1 fully saturated rings. The molecule has 2 aliphatic heterocycles. The van der Waals surface area contributed by atoms with Gasteiger partial charge in [-0.2, -0.15) is 0 Å². The van der Waals surface area contributed by atoms with Crippen molar-refractivity contribution in [3.05, 3.63) is 11.6 Å². The molecule has 0 spiro atoms. The Morgan fingerprint density at radius 3 is 1.68 bits per heavy atom. The van der Waals surface area contributed by atoms with Gasteiger partial charge in [-0.3, -0.25) is 0 Å². The van der Waals surface area contributed by atoms with Crippen LogP contribution < -0.4 is 0 Å². The van der Waals surface area contributed by atoms with Gasteiger partial charge in [0.15, 0.2) is 0 Å². The van der Waals surface area contributed by atoms with E-state index in [1.807, 2.05) is 0 Å². The monoisotopic (exact) mass is 314 g/mol. The molecular formula is C20H42O2. The number of rotatable bonds is 0. The molecule has 0 saturated carbocycles. The summed E-state index contributed by atoms with van der Waals surface area (Å²) in [6.07, 6.45) is 5.83. The molecule has 2 heteroatoms. The van der Waals surface area contributed by atoms with Crippen molar-refractivity contribution >= 4 is 0 Å². The van der Waals surface area contributed by atoms with Gasteiger partial charge >= 0.3 is 0 Å². The second kappa shape index (κ2) is 10.4. The SMILES string of the molecule is C.C.CC(C)(C)C1=CCOCC1.CC(C)(C)C1CCOCC1. The van der Waals surface area contributed by atoms with E-state index in [-0.39, 0.29) is 14.9 Å². The van der Waals surface area contributed by atoms with E-state index in [1.165, 1.54) is 12.8 Å². The highest BCUT2D eigenvalue weighted by Crippen LogP contribution is 2.33. The van der Waals surface area contributed by atoms with Crippen molar-refractivity contribution in [3.8, 4) is 0 Å². The average molecular weight is 315 g/mol. The fourth-order valence-electron chi connectivity index (χ4n) is 2.77. The first kappa shape index (κ1) is 23.9. The Morgan fingerprint density at radius 1 is 0.864 bits per heavy atom. The molecule has 0 N–H and O–H groups in total. The highest BCUT2D eigenvalue weighted by atomic mass is 16.5. The van der Waals surface area contributed by atoms with E-state index in [0.29, 0.717) is 10.8 Å². The first-order chi connectivity index (χ1) is 9.21. The van der Waals surface area contributed by atoms with Crippen molar-refractivity contribution in [3.63, 3.8) is 0 Å². The summed E-state index contributed by atoms with van der Waals surface area (Å²) in [6, 6.07) is 0. The lowest BCUT2D eigenvalue weighted by molar-refractivity contribution is 0.0286. The Hall–Kier alpha value is -0.340. The molecule has 0 unspecified atom stereocenters. The van der Waals surface area contributed by atoms with Crippen LogP contribution in [-0.2, 0) is 9.47 Å². The molecule has 0 amide bonds. The van der Waals surface area contributed by atoms with Crippen LogP contribution in [0.4, 0.5) is 0 Å². The molecule has 0 aromatic rings. The minimum Gasteiger partial charge on any atom is -0.381 e. The molecule has 1 saturated heterocycles. The van der Waals surface area contributed by atoms with Crippen molar-refractivity contribution in [2.75, 3.05) is 26.4 Å². The Kier molecular flexibility index (Phi) is 11.3. The zero-order valence-corrected chi connectivity index (χ0v) is 14.4. The van der Waals surface area contributed by atoms with Crippen molar-refractivity contribution in [1.82, 2.24) is 0 Å². The average Bonchev–Trinajstić information content (AvgIpc) is 2.40. The van der Waals surface area contributed by atoms with Crippen LogP contribution in [0.5, 0.6) is 0 Å². The van der Waals surface area contributed by atoms with Crippen LogP contribution in [0.15, 0.2) is 11.6 Å². The summed E-state index contributed by atoms with van der Waals surface area (Å²) in [5, 5.41) is 0. The van der Waals surface area contributed by atoms with Crippen LogP contribution in [0.25, 0.3) is 0 Å². The van der Waals surface area contributed by atoms with Crippen LogP contribution in [0.2, 0.25) is 0 Å². The Bertz CT molecular complexity index is 299. The zero-order valence-electron chi connectivity index (χ0n) is 14.4. The van der Waals surface area contributed by atoms with Gasteiger partial charge in [0.25, 0.3) is 0 Å². The van der Waals surface area contributed by atoms with Crippen molar-refractivity contribution in [2.45, 2.75) is 75.7 Å². The Labute approximate surface area is 140 Å². The van der Waals surface area contributed by atoms with Crippen LogP contribution in [0, 0.1) is 16.7 Å². The third-order valence-electron chi connectivity index (χ3n) is 4.37. The van der Waals surface area contributed by atoms with Gasteiger partial charge in [-0.1, -0.05) is 68.0 Å². The standard InChI is InChI=1S/C9H18O.C9H16O.2CH4/c2*1-9(2,3)8-4-6-10-7-5-8;;/h8H,4-7H2,1-3H3;4H,5-7H2,1-3H3;2*1H4. The maximum absolute atomic E-state index is 5.29. The number of ether oxygens (including phenoxy) is 2. The summed E-state index contributed by atoms with van der Waals surface area (Å²) in [5.74, 6) is 0.876. The van der Waals surface area contributed by atoms with E-state index < -0.39 is 0 Å². The zero-order chi connectivity index (χ0) is 15.2. The third-order valence-corrected chi connectivity index (χ3v) is 4.37. The van der Waals surface area contributed by atoms with Crippen LogP contribution >= 0.6 is 0 Å². The van der Waals surface area contributed by atoms with E-state index in [4.69, 9.17) is 9.47 Å². The van der Waals surface area contributed by atoms with Gasteiger partial charge in [-0.15, -0.1) is 0 Å². The summed E-state index contributed by atoms with van der Waals surface area (Å²) in [7, 11) is 0. The predicted octanol–water partition coefficient (Wildman–Crippen LogP) is 6.11. The summed E-state index contributed by atoms with van der Waals surface area (Å²) < 4.78 is 10.5. The first-order valence-corrected chi connectivity index (χ1v) is 8.06. The van der Waals surface area contributed by atoms with Crippen LogP contribution in [0.1, 0.15) is 75.7 Å². The van der Waals surface area contributed by atoms with Gasteiger partial charge in [0.1, 0.15) is 0 Å². The molecular weight excluding hydrogens is 272 g/mol. The number of hydrogen-bond donors (Lipinski definition) is 0. The summed E-state index contributed by atoms with van der Waals surface area (Å²) in [5.41, 5.74) is 2.38. The smallest absolute Gasteiger partial charge is 0.0650 e. The van der Waals surface area contributed by atoms with Gasteiger partial charge in [-0.25, -0.2) is 0 Å². The maximum Gasteiger partial charge on any atom is 0.0650 e. The van der Waals surface area contributed by atoms with E-state index in [1.54, 1.807) is 5.57 Å². The minimum absolute atomic E-state index is 0. The lowest BCUT2D eigenvalue weighted by Crippen LogP contribution is -2.27. The Morgan fingerprint density at radius 2 is 1.41 bits per heavy atom. The molecule has 0 aliphatic carbocycles. The number of hydrogen-bond acceptors (Lipinski definition) is 2. The fraction of sp³-hybridized carbons (Fsp3) is 0.900. The van der Waals surface area contributed by atoms with Crippen LogP contribution in [0.3, 0.4) is 0 Å². The van der Waals surface area contributed by atoms with Gasteiger partial charge in [0.05, 0.1) is 13.2 Å². The van der Waals surface area contributed by atoms with Crippen molar-refractivity contribution in [1.29, 1.82) is 0 Å². The first-order valence-electron chi connectivity index (χ1n) is 8.06. The van der Waals surface area contributed by atoms with Crippen molar-refractivity contribution in [2.24, 2.45) is 16.7 Å². The molecule has 2 aliphatic rings. The molecule has 0 bridgehead atoms. The fourth-order valence-corrected chi connectivity index (χ4v) is 2.77. The topological polar surface area (TPSA) is 18.5 Å². The molecule has 134 valence electrons. The highest BCUT2D eigenvalue weighted by Gasteiger charge is 2.25. The molecule has 2 nitrogen and oxygen atoms in total. The predicted molar refractivity (Wildman–Crippen MR) is 99.4 cm³/mol. The maximum atomic E-state index is 5.29. The van der Waals surface area contributed by atoms with Gasteiger partial charge in [0.2, 0.25) is 0 Å². The lowest BCUT2D eigenvalue weighted by atomic mass is 9.76. The molecule has 0 aromatic heterocycles. The largest absolute Gasteiger partial charge is 0.381 e. The molecule has 2 rings (SSSR count). The van der Waals surface area contributed by atoms with E-state index in [2.05, 4.69) is 47.6 Å². The van der Waals surface area contributed by atoms with Crippen LogP contribution in [-0.4, -0.2) is 26.4 Å². The summed E-state index contributed by atoms with van der Waals surface area (Å²) in [6.45, 7) is 17.4. The quantitative estimate of drug-likeness (QED) is 0.502. The lowest BCUT2D eigenvalue weighted by Gasteiger charge is -2.33. The second-order valence-electron chi connectivity index (χ2n) is 8.06. The summed E-state index contributed by atoms with van der Waals surface area (Å²) in [4.78, 5) is 0. The second-order valence-corrected chi connectivity index (χ2v) is 8.06. The van der Waals surface area contributed by atoms with E-state index in [9.17, 15) is 0 Å². The molecule has 0 aromatic carbocycles.